The van der Waals surface area contributed by atoms with Crippen molar-refractivity contribution in [3.63, 3.8) is 0 Å². The van der Waals surface area contributed by atoms with E-state index in [0.29, 0.717) is 34.4 Å². The molecule has 0 bridgehead atoms. The second kappa shape index (κ2) is 6.20. The molecule has 0 fully saturated rings. The molecule has 2 aromatic carbocycles. The van der Waals surface area contributed by atoms with Crippen LogP contribution in [0.1, 0.15) is 0 Å². The molecule has 3 aromatic rings. The van der Waals surface area contributed by atoms with Crippen LogP contribution in [0.2, 0.25) is 0 Å². The highest BCUT2D eigenvalue weighted by atomic mass is 19.1. The molecule has 0 aliphatic carbocycles. The van der Waals surface area contributed by atoms with E-state index in [-0.39, 0.29) is 25.4 Å². The fraction of sp³-hybridized carbons (Fsp3) is 0.111. The maximum Gasteiger partial charge on any atom is 0.231 e. The number of halogens is 1. The fourth-order valence-corrected chi connectivity index (χ4v) is 2.73. The normalized spacial score (nSPS) is 13.5. The number of nitrogens with zero attached hydrogens (tertiary/aromatic N) is 2. The third-order valence-electron chi connectivity index (χ3n) is 4.01. The second-order valence-electron chi connectivity index (χ2n) is 5.78. The van der Waals surface area contributed by atoms with Gasteiger partial charge in [0.2, 0.25) is 19.5 Å². The molecular formula is C18H13FN4O4. The third kappa shape index (κ3) is 2.99. The van der Waals surface area contributed by atoms with Gasteiger partial charge < -0.3 is 29.6 Å². The summed E-state index contributed by atoms with van der Waals surface area (Å²) >= 11 is 0. The van der Waals surface area contributed by atoms with Gasteiger partial charge in [0, 0.05) is 23.5 Å². The van der Waals surface area contributed by atoms with Crippen molar-refractivity contribution in [1.82, 2.24) is 9.97 Å². The van der Waals surface area contributed by atoms with E-state index in [9.17, 15) is 4.39 Å². The number of benzene rings is 2. The summed E-state index contributed by atoms with van der Waals surface area (Å²) in [6, 6.07) is 10.6. The Morgan fingerprint density at radius 3 is 2.04 bits per heavy atom. The summed E-state index contributed by atoms with van der Waals surface area (Å²) in [6.07, 6.45) is 1.09. The Kier molecular flexibility index (Phi) is 3.56. The first-order valence-corrected chi connectivity index (χ1v) is 8.10. The van der Waals surface area contributed by atoms with Crippen LogP contribution >= 0.6 is 0 Å². The molecule has 9 heteroatoms. The van der Waals surface area contributed by atoms with Crippen LogP contribution in [0, 0.1) is 5.82 Å². The lowest BCUT2D eigenvalue weighted by molar-refractivity contribution is 0.173. The SMILES string of the molecule is Fc1cnc(Nc2ccc3c(c2)OCO3)nc1Nc1ccc2c(c1)OCO2. The Morgan fingerprint density at radius 2 is 1.37 bits per heavy atom. The number of hydrogen-bond acceptors (Lipinski definition) is 8. The molecule has 0 saturated heterocycles. The van der Waals surface area contributed by atoms with Crippen molar-refractivity contribution in [2.24, 2.45) is 0 Å². The molecule has 2 aliphatic heterocycles. The zero-order chi connectivity index (χ0) is 18.2. The largest absolute Gasteiger partial charge is 0.454 e. The van der Waals surface area contributed by atoms with Crippen LogP contribution in [0.5, 0.6) is 23.0 Å². The minimum absolute atomic E-state index is 0.0344. The van der Waals surface area contributed by atoms with Crippen LogP contribution in [0.3, 0.4) is 0 Å². The molecule has 3 heterocycles. The summed E-state index contributed by atoms with van der Waals surface area (Å²) < 4.78 is 35.3. The third-order valence-corrected chi connectivity index (χ3v) is 4.01. The van der Waals surface area contributed by atoms with E-state index >= 15 is 0 Å². The number of ether oxygens (including phenoxy) is 4. The highest BCUT2D eigenvalue weighted by molar-refractivity contribution is 5.64. The van der Waals surface area contributed by atoms with E-state index < -0.39 is 5.82 Å². The van der Waals surface area contributed by atoms with E-state index in [1.807, 2.05) is 0 Å². The molecule has 0 amide bonds. The van der Waals surface area contributed by atoms with Gasteiger partial charge in [-0.25, -0.2) is 9.37 Å². The van der Waals surface area contributed by atoms with E-state index in [1.54, 1.807) is 36.4 Å². The van der Waals surface area contributed by atoms with Crippen LogP contribution in [-0.2, 0) is 0 Å². The van der Waals surface area contributed by atoms with Gasteiger partial charge in [-0.05, 0) is 24.3 Å². The minimum atomic E-state index is -0.580. The fourth-order valence-electron chi connectivity index (χ4n) is 2.73. The molecule has 5 rings (SSSR count). The molecule has 27 heavy (non-hydrogen) atoms. The number of anilines is 4. The predicted molar refractivity (Wildman–Crippen MR) is 93.7 cm³/mol. The van der Waals surface area contributed by atoms with Crippen molar-refractivity contribution in [3.8, 4) is 23.0 Å². The van der Waals surface area contributed by atoms with E-state index in [4.69, 9.17) is 18.9 Å². The van der Waals surface area contributed by atoms with Crippen molar-refractivity contribution in [3.05, 3.63) is 48.4 Å². The Labute approximate surface area is 152 Å². The van der Waals surface area contributed by atoms with Crippen LogP contribution in [0.4, 0.5) is 27.5 Å². The highest BCUT2D eigenvalue weighted by Crippen LogP contribution is 2.36. The maximum atomic E-state index is 14.1. The first-order chi connectivity index (χ1) is 13.2. The van der Waals surface area contributed by atoms with Gasteiger partial charge in [0.1, 0.15) is 0 Å². The van der Waals surface area contributed by atoms with Crippen molar-refractivity contribution in [1.29, 1.82) is 0 Å². The number of hydrogen-bond donors (Lipinski definition) is 2. The molecular weight excluding hydrogens is 355 g/mol. The topological polar surface area (TPSA) is 86.8 Å². The smallest absolute Gasteiger partial charge is 0.231 e. The molecule has 0 saturated carbocycles. The summed E-state index contributed by atoms with van der Waals surface area (Å²) in [4.78, 5) is 8.17. The second-order valence-corrected chi connectivity index (χ2v) is 5.78. The molecule has 136 valence electrons. The van der Waals surface area contributed by atoms with Crippen molar-refractivity contribution in [2.45, 2.75) is 0 Å². The van der Waals surface area contributed by atoms with Crippen molar-refractivity contribution >= 4 is 23.1 Å². The highest BCUT2D eigenvalue weighted by Gasteiger charge is 2.16. The Morgan fingerprint density at radius 1 is 0.778 bits per heavy atom. The number of fused-ring (bicyclic) bond motifs is 2. The lowest BCUT2D eigenvalue weighted by atomic mass is 10.2. The van der Waals surface area contributed by atoms with Gasteiger partial charge in [0.15, 0.2) is 34.6 Å². The molecule has 2 N–H and O–H groups in total. The predicted octanol–water partition coefficient (Wildman–Crippen LogP) is 3.56. The quantitative estimate of drug-likeness (QED) is 0.723. The molecule has 1 aromatic heterocycles. The Bertz CT molecular complexity index is 1030. The van der Waals surface area contributed by atoms with E-state index in [2.05, 4.69) is 20.6 Å². The Balaban J connectivity index is 1.38. The van der Waals surface area contributed by atoms with E-state index in [1.165, 1.54) is 0 Å². The summed E-state index contributed by atoms with van der Waals surface area (Å²) in [5, 5.41) is 5.94. The molecule has 0 spiro atoms. The van der Waals surface area contributed by atoms with Crippen molar-refractivity contribution in [2.75, 3.05) is 24.2 Å². The van der Waals surface area contributed by atoms with Crippen LogP contribution < -0.4 is 29.6 Å². The lowest BCUT2D eigenvalue weighted by Gasteiger charge is -2.10. The molecule has 0 atom stereocenters. The number of rotatable bonds is 4. The minimum Gasteiger partial charge on any atom is -0.454 e. The first kappa shape index (κ1) is 15.5. The van der Waals surface area contributed by atoms with Crippen LogP contribution in [-0.4, -0.2) is 23.6 Å². The average molecular weight is 368 g/mol. The standard InChI is InChI=1S/C18H13FN4O4/c19-12-7-20-18(22-11-2-4-14-16(6-11)27-9-25-14)23-17(12)21-10-1-3-13-15(5-10)26-8-24-13/h1-7H,8-9H2,(H2,20,21,22,23). The van der Waals surface area contributed by atoms with Crippen molar-refractivity contribution < 1.29 is 23.3 Å². The van der Waals surface area contributed by atoms with Gasteiger partial charge in [0.05, 0.1) is 6.20 Å². The van der Waals surface area contributed by atoms with Gasteiger partial charge in [-0.3, -0.25) is 0 Å². The molecule has 0 unspecified atom stereocenters. The van der Waals surface area contributed by atoms with Crippen LogP contribution in [0.15, 0.2) is 42.6 Å². The summed E-state index contributed by atoms with van der Waals surface area (Å²) in [5.74, 6) is 2.23. The molecule has 8 nitrogen and oxygen atoms in total. The maximum absolute atomic E-state index is 14.1. The molecule has 0 radical (unpaired) electrons. The summed E-state index contributed by atoms with van der Waals surface area (Å²) in [7, 11) is 0. The van der Waals surface area contributed by atoms with Gasteiger partial charge in [-0.1, -0.05) is 0 Å². The summed E-state index contributed by atoms with van der Waals surface area (Å²) in [5.41, 5.74) is 1.31. The monoisotopic (exact) mass is 368 g/mol. The van der Waals surface area contributed by atoms with E-state index in [0.717, 1.165) is 6.20 Å². The number of nitrogens with one attached hydrogen (secondary N) is 2. The van der Waals surface area contributed by atoms with Crippen LogP contribution in [0.25, 0.3) is 0 Å². The zero-order valence-electron chi connectivity index (χ0n) is 13.9. The van der Waals surface area contributed by atoms with Gasteiger partial charge in [-0.2, -0.15) is 4.98 Å². The number of aromatic nitrogens is 2. The van der Waals surface area contributed by atoms with Gasteiger partial charge in [0.25, 0.3) is 0 Å². The summed E-state index contributed by atoms with van der Waals surface area (Å²) in [6.45, 7) is 0.361. The molecule has 2 aliphatic rings. The lowest BCUT2D eigenvalue weighted by Crippen LogP contribution is -2.03. The first-order valence-electron chi connectivity index (χ1n) is 8.10. The van der Waals surface area contributed by atoms with Gasteiger partial charge >= 0.3 is 0 Å². The zero-order valence-corrected chi connectivity index (χ0v) is 13.9. The average Bonchev–Trinajstić information content (AvgIpc) is 3.32. The van der Waals surface area contributed by atoms with Gasteiger partial charge in [-0.15, -0.1) is 0 Å². The Hall–Kier alpha value is -3.75.